The van der Waals surface area contributed by atoms with Crippen molar-refractivity contribution in [2.75, 3.05) is 18.0 Å². The van der Waals surface area contributed by atoms with Crippen LogP contribution in [0.3, 0.4) is 0 Å². The standard InChI is InChI=1S/C19H18F2N4OS/c20-14-4-3-12(10-15(14)21)19(26)22-13-5-7-25(8-6-13)18-11-16(23-24-18)17-2-1-9-27-17/h1-4,9-11,13H,5-8H2,(H,22,26)(H,23,24). The van der Waals surface area contributed by atoms with Crippen molar-refractivity contribution in [3.63, 3.8) is 0 Å². The van der Waals surface area contributed by atoms with Crippen LogP contribution in [-0.4, -0.2) is 35.2 Å². The molecule has 0 spiro atoms. The van der Waals surface area contributed by atoms with Crippen LogP contribution >= 0.6 is 11.3 Å². The van der Waals surface area contributed by atoms with Crippen LogP contribution < -0.4 is 10.2 Å². The molecule has 5 nitrogen and oxygen atoms in total. The number of piperidine rings is 1. The van der Waals surface area contributed by atoms with E-state index in [1.165, 1.54) is 6.07 Å². The highest BCUT2D eigenvalue weighted by Gasteiger charge is 2.23. The number of nitrogens with zero attached hydrogens (tertiary/aromatic N) is 2. The van der Waals surface area contributed by atoms with E-state index in [0.717, 1.165) is 54.5 Å². The van der Waals surface area contributed by atoms with Crippen molar-refractivity contribution < 1.29 is 13.6 Å². The first-order valence-electron chi connectivity index (χ1n) is 8.70. The first-order chi connectivity index (χ1) is 13.1. The number of anilines is 1. The number of benzene rings is 1. The first-order valence-corrected chi connectivity index (χ1v) is 9.58. The molecule has 3 aromatic rings. The highest BCUT2D eigenvalue weighted by molar-refractivity contribution is 7.13. The minimum absolute atomic E-state index is 0.00225. The summed E-state index contributed by atoms with van der Waals surface area (Å²) in [4.78, 5) is 15.5. The number of aromatic amines is 1. The summed E-state index contributed by atoms with van der Waals surface area (Å²) in [5, 5.41) is 12.4. The largest absolute Gasteiger partial charge is 0.355 e. The second-order valence-corrected chi connectivity index (χ2v) is 7.43. The number of H-pyrrole nitrogens is 1. The Morgan fingerprint density at radius 1 is 1.19 bits per heavy atom. The number of carbonyl (C=O) groups excluding carboxylic acids is 1. The third-order valence-electron chi connectivity index (χ3n) is 4.69. The average Bonchev–Trinajstić information content (AvgIpc) is 3.36. The minimum Gasteiger partial charge on any atom is -0.355 e. The van der Waals surface area contributed by atoms with E-state index in [-0.39, 0.29) is 17.5 Å². The number of hydrogen-bond donors (Lipinski definition) is 2. The van der Waals surface area contributed by atoms with E-state index >= 15 is 0 Å². The fourth-order valence-electron chi connectivity index (χ4n) is 3.19. The maximum atomic E-state index is 13.3. The Labute approximate surface area is 159 Å². The molecule has 0 radical (unpaired) electrons. The first kappa shape index (κ1) is 17.7. The Bertz CT molecular complexity index is 933. The lowest BCUT2D eigenvalue weighted by molar-refractivity contribution is 0.0930. The van der Waals surface area contributed by atoms with E-state index in [1.807, 2.05) is 23.6 Å². The lowest BCUT2D eigenvalue weighted by atomic mass is 10.0. The maximum absolute atomic E-state index is 13.3. The molecule has 1 saturated heterocycles. The SMILES string of the molecule is O=C(NC1CCN(c2cc(-c3cccs3)[nH]n2)CC1)c1ccc(F)c(F)c1. The third-order valence-corrected chi connectivity index (χ3v) is 5.59. The molecule has 0 bridgehead atoms. The van der Waals surface area contributed by atoms with Crippen molar-refractivity contribution >= 4 is 23.1 Å². The van der Waals surface area contributed by atoms with Crippen LogP contribution in [-0.2, 0) is 0 Å². The molecule has 8 heteroatoms. The van der Waals surface area contributed by atoms with Gasteiger partial charge in [0.25, 0.3) is 5.91 Å². The average molecular weight is 388 g/mol. The molecule has 1 amide bonds. The van der Waals surface area contributed by atoms with Gasteiger partial charge in [0.05, 0.1) is 10.6 Å². The number of nitrogens with one attached hydrogen (secondary N) is 2. The van der Waals surface area contributed by atoms with E-state index in [0.29, 0.717) is 0 Å². The number of halogens is 2. The lowest BCUT2D eigenvalue weighted by Gasteiger charge is -2.32. The number of carbonyl (C=O) groups is 1. The summed E-state index contributed by atoms with van der Waals surface area (Å²) >= 11 is 1.66. The van der Waals surface area contributed by atoms with Crippen LogP contribution in [0.4, 0.5) is 14.6 Å². The van der Waals surface area contributed by atoms with Gasteiger partial charge in [-0.05, 0) is 42.5 Å². The van der Waals surface area contributed by atoms with Crippen LogP contribution in [0, 0.1) is 11.6 Å². The summed E-state index contributed by atoms with van der Waals surface area (Å²) in [6.45, 7) is 1.52. The fourth-order valence-corrected chi connectivity index (χ4v) is 3.88. The van der Waals surface area contributed by atoms with Crippen LogP contribution in [0.25, 0.3) is 10.6 Å². The molecule has 0 aliphatic carbocycles. The zero-order valence-electron chi connectivity index (χ0n) is 14.4. The summed E-state index contributed by atoms with van der Waals surface area (Å²) in [7, 11) is 0. The molecular weight excluding hydrogens is 370 g/mol. The fraction of sp³-hybridized carbons (Fsp3) is 0.263. The molecule has 0 unspecified atom stereocenters. The maximum Gasteiger partial charge on any atom is 0.251 e. The van der Waals surface area contributed by atoms with Crippen LogP contribution in [0.1, 0.15) is 23.2 Å². The normalized spacial score (nSPS) is 15.1. The van der Waals surface area contributed by atoms with Crippen molar-refractivity contribution in [1.82, 2.24) is 15.5 Å². The number of thiophene rings is 1. The Morgan fingerprint density at radius 3 is 2.70 bits per heavy atom. The molecule has 4 rings (SSSR count). The van der Waals surface area contributed by atoms with Gasteiger partial charge in [-0.25, -0.2) is 8.78 Å². The van der Waals surface area contributed by atoms with Gasteiger partial charge in [-0.2, -0.15) is 5.10 Å². The molecular formula is C19H18F2N4OS. The van der Waals surface area contributed by atoms with Crippen molar-refractivity contribution in [3.05, 3.63) is 59.0 Å². The molecule has 2 aromatic heterocycles. The zero-order chi connectivity index (χ0) is 18.8. The second kappa shape index (κ2) is 7.48. The van der Waals surface area contributed by atoms with Gasteiger partial charge in [0.2, 0.25) is 0 Å². The molecule has 1 aliphatic rings. The highest BCUT2D eigenvalue weighted by Crippen LogP contribution is 2.27. The monoisotopic (exact) mass is 388 g/mol. The van der Waals surface area contributed by atoms with E-state index in [4.69, 9.17) is 0 Å². The summed E-state index contributed by atoms with van der Waals surface area (Å²) in [6, 6.07) is 9.26. The van der Waals surface area contributed by atoms with Gasteiger partial charge < -0.3 is 10.2 Å². The van der Waals surface area contributed by atoms with Gasteiger partial charge in [-0.3, -0.25) is 9.89 Å². The molecule has 1 aromatic carbocycles. The van der Waals surface area contributed by atoms with Crippen molar-refractivity contribution in [3.8, 4) is 10.6 Å². The Hall–Kier alpha value is -2.74. The van der Waals surface area contributed by atoms with Crippen LogP contribution in [0.2, 0.25) is 0 Å². The van der Waals surface area contributed by atoms with Gasteiger partial charge in [-0.15, -0.1) is 11.3 Å². The minimum atomic E-state index is -1.02. The number of amides is 1. The van der Waals surface area contributed by atoms with Gasteiger partial charge in [0.15, 0.2) is 17.5 Å². The summed E-state index contributed by atoms with van der Waals surface area (Å²) in [5.41, 5.74) is 1.12. The third kappa shape index (κ3) is 3.85. The smallest absolute Gasteiger partial charge is 0.251 e. The number of hydrogen-bond acceptors (Lipinski definition) is 4. The quantitative estimate of drug-likeness (QED) is 0.714. The highest BCUT2D eigenvalue weighted by atomic mass is 32.1. The van der Waals surface area contributed by atoms with Crippen molar-refractivity contribution in [2.24, 2.45) is 0 Å². The molecule has 3 heterocycles. The Kier molecular flexibility index (Phi) is 4.89. The molecule has 27 heavy (non-hydrogen) atoms. The Balaban J connectivity index is 1.33. The van der Waals surface area contributed by atoms with E-state index < -0.39 is 11.6 Å². The van der Waals surface area contributed by atoms with Crippen LogP contribution in [0.15, 0.2) is 41.8 Å². The summed E-state index contributed by atoms with van der Waals surface area (Å²) in [5.74, 6) is -1.46. The topological polar surface area (TPSA) is 61.0 Å². The van der Waals surface area contributed by atoms with Crippen LogP contribution in [0.5, 0.6) is 0 Å². The van der Waals surface area contributed by atoms with Gasteiger partial charge >= 0.3 is 0 Å². The molecule has 1 fully saturated rings. The molecule has 0 saturated carbocycles. The lowest BCUT2D eigenvalue weighted by Crippen LogP contribution is -2.44. The predicted octanol–water partition coefficient (Wildman–Crippen LogP) is 3.82. The van der Waals surface area contributed by atoms with Gasteiger partial charge in [-0.1, -0.05) is 6.07 Å². The van der Waals surface area contributed by atoms with Gasteiger partial charge in [0.1, 0.15) is 0 Å². The predicted molar refractivity (Wildman–Crippen MR) is 101 cm³/mol. The molecule has 1 aliphatic heterocycles. The molecule has 2 N–H and O–H groups in total. The summed E-state index contributed by atoms with van der Waals surface area (Å²) in [6.07, 6.45) is 1.52. The van der Waals surface area contributed by atoms with E-state index in [2.05, 4.69) is 20.4 Å². The van der Waals surface area contributed by atoms with E-state index in [1.54, 1.807) is 11.3 Å². The van der Waals surface area contributed by atoms with Crippen molar-refractivity contribution in [2.45, 2.75) is 18.9 Å². The van der Waals surface area contributed by atoms with Crippen molar-refractivity contribution in [1.29, 1.82) is 0 Å². The van der Waals surface area contributed by atoms with Gasteiger partial charge in [0, 0.05) is 30.8 Å². The second-order valence-electron chi connectivity index (χ2n) is 6.48. The Morgan fingerprint density at radius 2 is 2.00 bits per heavy atom. The molecule has 0 atom stereocenters. The zero-order valence-corrected chi connectivity index (χ0v) is 15.2. The van der Waals surface area contributed by atoms with E-state index in [9.17, 15) is 13.6 Å². The number of aromatic nitrogens is 2. The summed E-state index contributed by atoms with van der Waals surface area (Å²) < 4.78 is 26.3. The number of rotatable bonds is 4. The molecule has 140 valence electrons.